The predicted octanol–water partition coefficient (Wildman–Crippen LogP) is 2.31. The van der Waals surface area contributed by atoms with Crippen LogP contribution in [0.3, 0.4) is 0 Å². The molecule has 0 aromatic heterocycles. The number of carbonyl (C=O) groups excluding carboxylic acids is 1. The zero-order valence-electron chi connectivity index (χ0n) is 10.7. The Morgan fingerprint density at radius 3 is 2.00 bits per heavy atom. The van der Waals surface area contributed by atoms with Gasteiger partial charge in [0, 0.05) is 0 Å². The number of morpholine rings is 1. The third kappa shape index (κ3) is 1.64. The quantitative estimate of drug-likeness (QED) is 0.694. The van der Waals surface area contributed by atoms with Gasteiger partial charge in [-0.05, 0) is 25.7 Å². The summed E-state index contributed by atoms with van der Waals surface area (Å²) >= 11 is 0. The van der Waals surface area contributed by atoms with Crippen molar-refractivity contribution in [2.24, 2.45) is 0 Å². The summed E-state index contributed by atoms with van der Waals surface area (Å²) in [5.74, 6) is -0.356. The molecule has 1 heterocycles. The minimum Gasteiger partial charge on any atom is -0.462 e. The molecular formula is C12H22NO3. The second-order valence-electron chi connectivity index (χ2n) is 4.54. The van der Waals surface area contributed by atoms with Gasteiger partial charge in [-0.25, -0.2) is 4.79 Å². The van der Waals surface area contributed by atoms with Gasteiger partial charge in [0.25, 0.3) is 0 Å². The smallest absolute Gasteiger partial charge is 0.329 e. The molecule has 0 spiro atoms. The van der Waals surface area contributed by atoms with Crippen molar-refractivity contribution < 1.29 is 14.7 Å². The van der Waals surface area contributed by atoms with Crippen LogP contribution in [0.15, 0.2) is 0 Å². The third-order valence-electron chi connectivity index (χ3n) is 4.16. The Bertz CT molecular complexity index is 257. The lowest BCUT2D eigenvalue weighted by atomic mass is 9.82. The maximum atomic E-state index is 12.5. The molecule has 93 valence electrons. The number of hydroxylamine groups is 2. The maximum absolute atomic E-state index is 12.5. The number of nitrogens with zero attached hydrogens (tertiary/aromatic N) is 1. The minimum atomic E-state index is -0.968. The molecule has 0 amide bonds. The molecule has 0 atom stereocenters. The van der Waals surface area contributed by atoms with Crippen LogP contribution in [-0.4, -0.2) is 28.7 Å². The fraction of sp³-hybridized carbons (Fsp3) is 0.917. The standard InChI is InChI=1S/C12H22NO3/c1-5-11(6-2)9-16-10(14)12(7-3,8-4)13(11)15/h5-9H2,1-4H3. The molecule has 16 heavy (non-hydrogen) atoms. The maximum Gasteiger partial charge on any atom is 0.329 e. The zero-order chi connectivity index (χ0) is 12.4. The molecule has 0 bridgehead atoms. The molecule has 4 nitrogen and oxygen atoms in total. The Labute approximate surface area is 97.5 Å². The van der Waals surface area contributed by atoms with Crippen molar-refractivity contribution in [2.75, 3.05) is 6.61 Å². The fourth-order valence-electron chi connectivity index (χ4n) is 2.50. The van der Waals surface area contributed by atoms with Crippen molar-refractivity contribution in [3.8, 4) is 0 Å². The Morgan fingerprint density at radius 1 is 1.12 bits per heavy atom. The van der Waals surface area contributed by atoms with Gasteiger partial charge >= 0.3 is 5.97 Å². The first kappa shape index (κ1) is 13.5. The van der Waals surface area contributed by atoms with Gasteiger partial charge in [-0.2, -0.15) is 0 Å². The van der Waals surface area contributed by atoms with Crippen molar-refractivity contribution >= 4 is 5.97 Å². The topological polar surface area (TPSA) is 49.4 Å². The van der Waals surface area contributed by atoms with Gasteiger partial charge in [-0.3, -0.25) is 0 Å². The van der Waals surface area contributed by atoms with Crippen molar-refractivity contribution in [1.29, 1.82) is 0 Å². The highest BCUT2D eigenvalue weighted by atomic mass is 16.6. The van der Waals surface area contributed by atoms with Crippen LogP contribution in [0, 0.1) is 0 Å². The van der Waals surface area contributed by atoms with Gasteiger partial charge in [0.1, 0.15) is 12.1 Å². The highest BCUT2D eigenvalue weighted by Crippen LogP contribution is 2.39. The van der Waals surface area contributed by atoms with Gasteiger partial charge in [0.05, 0.1) is 5.54 Å². The Hall–Kier alpha value is -0.610. The number of hydrogen-bond donors (Lipinski definition) is 0. The van der Waals surface area contributed by atoms with Gasteiger partial charge in [-0.1, -0.05) is 27.7 Å². The second kappa shape index (κ2) is 4.72. The normalized spacial score (nSPS) is 24.2. The predicted molar refractivity (Wildman–Crippen MR) is 60.1 cm³/mol. The SMILES string of the molecule is CCC1(CC)COC(=O)C(CC)(CC)N1[O]. The molecule has 0 aliphatic carbocycles. The first-order valence-corrected chi connectivity index (χ1v) is 6.17. The van der Waals surface area contributed by atoms with Crippen LogP contribution in [-0.2, 0) is 14.7 Å². The van der Waals surface area contributed by atoms with E-state index >= 15 is 0 Å². The third-order valence-corrected chi connectivity index (χ3v) is 4.16. The highest BCUT2D eigenvalue weighted by Gasteiger charge is 2.56. The molecular weight excluding hydrogens is 206 g/mol. The molecule has 1 fully saturated rings. The zero-order valence-corrected chi connectivity index (χ0v) is 10.7. The first-order valence-electron chi connectivity index (χ1n) is 6.17. The Morgan fingerprint density at radius 2 is 1.62 bits per heavy atom. The molecule has 1 saturated heterocycles. The molecule has 1 rings (SSSR count). The van der Waals surface area contributed by atoms with Crippen LogP contribution in [0.2, 0.25) is 0 Å². The highest BCUT2D eigenvalue weighted by molar-refractivity contribution is 5.81. The van der Waals surface area contributed by atoms with E-state index in [-0.39, 0.29) is 12.6 Å². The van der Waals surface area contributed by atoms with Crippen LogP contribution in [0.5, 0.6) is 0 Å². The van der Waals surface area contributed by atoms with Gasteiger partial charge in [0.15, 0.2) is 0 Å². The summed E-state index contributed by atoms with van der Waals surface area (Å²) < 4.78 is 5.26. The van der Waals surface area contributed by atoms with Crippen molar-refractivity contribution in [3.63, 3.8) is 0 Å². The van der Waals surface area contributed by atoms with Crippen LogP contribution in [0.1, 0.15) is 53.4 Å². The molecule has 1 aliphatic heterocycles. The summed E-state index contributed by atoms with van der Waals surface area (Å²) in [5.41, 5.74) is -1.50. The summed E-state index contributed by atoms with van der Waals surface area (Å²) in [7, 11) is 0. The fourth-order valence-corrected chi connectivity index (χ4v) is 2.50. The summed E-state index contributed by atoms with van der Waals surface area (Å²) in [4.78, 5) is 11.8. The number of hydrogen-bond acceptors (Lipinski definition) is 3. The Balaban J connectivity index is 3.12. The van der Waals surface area contributed by atoms with E-state index in [4.69, 9.17) is 4.74 Å². The molecule has 0 unspecified atom stereocenters. The lowest BCUT2D eigenvalue weighted by molar-refractivity contribution is -0.316. The molecule has 0 aromatic carbocycles. The average Bonchev–Trinajstić information content (AvgIpc) is 2.32. The van der Waals surface area contributed by atoms with Crippen LogP contribution >= 0.6 is 0 Å². The first-order chi connectivity index (χ1) is 7.53. The largest absolute Gasteiger partial charge is 0.462 e. The van der Waals surface area contributed by atoms with Gasteiger partial charge in [-0.15, -0.1) is 10.3 Å². The molecule has 1 aliphatic rings. The lowest BCUT2D eigenvalue weighted by Gasteiger charge is -2.50. The van der Waals surface area contributed by atoms with E-state index in [1.54, 1.807) is 0 Å². The van der Waals surface area contributed by atoms with E-state index in [1.165, 1.54) is 0 Å². The monoisotopic (exact) mass is 228 g/mol. The number of ether oxygens (including phenoxy) is 1. The minimum absolute atomic E-state index is 0.226. The second-order valence-corrected chi connectivity index (χ2v) is 4.54. The molecule has 0 saturated carbocycles. The van der Waals surface area contributed by atoms with Crippen molar-refractivity contribution in [3.05, 3.63) is 0 Å². The molecule has 4 heteroatoms. The number of cyclic esters (lactones) is 1. The van der Waals surface area contributed by atoms with Crippen LogP contribution in [0.25, 0.3) is 0 Å². The Kier molecular flexibility index (Phi) is 3.97. The van der Waals surface area contributed by atoms with Crippen LogP contribution < -0.4 is 0 Å². The molecule has 0 N–H and O–H groups in total. The molecule has 1 radical (unpaired) electrons. The number of carbonyl (C=O) groups is 1. The number of rotatable bonds is 4. The van der Waals surface area contributed by atoms with E-state index in [2.05, 4.69) is 0 Å². The number of esters is 1. The summed E-state index contributed by atoms with van der Waals surface area (Å²) in [6.07, 6.45) is 2.44. The van der Waals surface area contributed by atoms with E-state index in [1.807, 2.05) is 27.7 Å². The summed E-state index contributed by atoms with van der Waals surface area (Å²) in [6, 6.07) is 0. The average molecular weight is 228 g/mol. The van der Waals surface area contributed by atoms with Crippen LogP contribution in [0.4, 0.5) is 0 Å². The van der Waals surface area contributed by atoms with E-state index in [0.29, 0.717) is 25.7 Å². The van der Waals surface area contributed by atoms with Crippen molar-refractivity contribution in [1.82, 2.24) is 5.06 Å². The lowest BCUT2D eigenvalue weighted by Crippen LogP contribution is -2.67. The van der Waals surface area contributed by atoms with Gasteiger partial charge < -0.3 is 4.74 Å². The van der Waals surface area contributed by atoms with Gasteiger partial charge in [0.2, 0.25) is 0 Å². The van der Waals surface area contributed by atoms with Crippen molar-refractivity contribution in [2.45, 2.75) is 64.5 Å². The summed E-state index contributed by atoms with van der Waals surface area (Å²) in [6.45, 7) is 7.92. The van der Waals surface area contributed by atoms with E-state index in [9.17, 15) is 10.0 Å². The summed E-state index contributed by atoms with van der Waals surface area (Å²) in [5, 5.41) is 13.6. The molecule has 0 aromatic rings. The van der Waals surface area contributed by atoms with E-state index < -0.39 is 11.1 Å². The van der Waals surface area contributed by atoms with E-state index in [0.717, 1.165) is 5.06 Å².